The molecular weight excluding hydrogens is 284 g/mol. The molecule has 1 nitrogen and oxygen atoms in total. The molecule has 0 aliphatic heterocycles. The van der Waals surface area contributed by atoms with Gasteiger partial charge < -0.3 is 4.98 Å². The Kier molecular flexibility index (Phi) is 7.15. The summed E-state index contributed by atoms with van der Waals surface area (Å²) in [6.45, 7) is 4.12. The summed E-state index contributed by atoms with van der Waals surface area (Å²) >= 11 is -2.13. The van der Waals surface area contributed by atoms with Crippen molar-refractivity contribution in [2.24, 2.45) is 0 Å². The van der Waals surface area contributed by atoms with Gasteiger partial charge in [-0.05, 0) is 13.8 Å². The first-order valence-electron chi connectivity index (χ1n) is 2.91. The number of aryl methyl sites for hydroxylation is 2. The van der Waals surface area contributed by atoms with Crippen LogP contribution in [0.5, 0.6) is 0 Å². The van der Waals surface area contributed by atoms with E-state index in [2.05, 4.69) is 18.8 Å². The summed E-state index contributed by atoms with van der Waals surface area (Å²) in [5.74, 6) is 0. The van der Waals surface area contributed by atoms with Gasteiger partial charge in [0.15, 0.2) is 0 Å². The van der Waals surface area contributed by atoms with E-state index in [0.717, 1.165) is 0 Å². The molecule has 1 aromatic rings. The molecule has 0 aliphatic carbocycles. The molecule has 1 heterocycles. The SMILES string of the molecule is Cc1c[n-]cc1C.[Cl][Zr]([Cl])[Cl]. The molecule has 0 saturated carbocycles. The number of hydrogen-bond acceptors (Lipinski definition) is 0. The third kappa shape index (κ3) is 7.40. The summed E-state index contributed by atoms with van der Waals surface area (Å²) in [7, 11) is 15.0. The van der Waals surface area contributed by atoms with Crippen LogP contribution in [0.15, 0.2) is 12.4 Å². The summed E-state index contributed by atoms with van der Waals surface area (Å²) in [5.41, 5.74) is 2.56. The molecule has 0 atom stereocenters. The van der Waals surface area contributed by atoms with E-state index >= 15 is 0 Å². The van der Waals surface area contributed by atoms with Crippen molar-refractivity contribution in [3.05, 3.63) is 23.5 Å². The van der Waals surface area contributed by atoms with Crippen LogP contribution in [0.25, 0.3) is 0 Å². The number of aromatic nitrogens is 1. The first kappa shape index (κ1) is 12.0. The zero-order valence-electron chi connectivity index (χ0n) is 6.24. The van der Waals surface area contributed by atoms with E-state index in [1.807, 2.05) is 12.4 Å². The van der Waals surface area contributed by atoms with Crippen LogP contribution in [0.2, 0.25) is 0 Å². The average Bonchev–Trinajstić information content (AvgIpc) is 2.15. The molecule has 11 heavy (non-hydrogen) atoms. The van der Waals surface area contributed by atoms with Crippen LogP contribution < -0.4 is 4.98 Å². The molecule has 0 saturated heterocycles. The molecule has 0 N–H and O–H groups in total. The second kappa shape index (κ2) is 6.54. The molecule has 0 spiro atoms. The van der Waals surface area contributed by atoms with Gasteiger partial charge in [-0.15, -0.1) is 0 Å². The third-order valence-corrected chi connectivity index (χ3v) is 1.16. The normalized spacial score (nSPS) is 8.45. The first-order chi connectivity index (χ1) is 5.04. The van der Waals surface area contributed by atoms with Gasteiger partial charge in [-0.3, -0.25) is 0 Å². The fourth-order valence-electron chi connectivity index (χ4n) is 0.465. The van der Waals surface area contributed by atoms with Crippen molar-refractivity contribution in [3.63, 3.8) is 0 Å². The topological polar surface area (TPSA) is 14.1 Å². The van der Waals surface area contributed by atoms with Gasteiger partial charge in [0, 0.05) is 0 Å². The Morgan fingerprint density at radius 1 is 1.09 bits per heavy atom. The maximum absolute atomic E-state index is 5.00. The maximum atomic E-state index is 5.00. The second-order valence-electron chi connectivity index (χ2n) is 1.99. The van der Waals surface area contributed by atoms with Crippen molar-refractivity contribution in [3.8, 4) is 0 Å². The molecule has 1 rings (SSSR count). The van der Waals surface area contributed by atoms with Crippen molar-refractivity contribution in [1.29, 1.82) is 0 Å². The first-order valence-corrected chi connectivity index (χ1v) is 12.4. The standard InChI is InChI=1S/C6H8N.3ClH.Zr/c1-5-3-7-4-6(5)2;;;;/h3-4H,1-2H3;3*1H;/q-1;;;;+3/p-3. The monoisotopic (exact) mass is 289 g/mol. The molecule has 0 amide bonds. The molecule has 0 aliphatic rings. The van der Waals surface area contributed by atoms with Crippen molar-refractivity contribution >= 4 is 25.5 Å². The summed E-state index contributed by atoms with van der Waals surface area (Å²) in [4.78, 5) is 3.92. The van der Waals surface area contributed by atoms with Gasteiger partial charge in [0.05, 0.1) is 0 Å². The quantitative estimate of drug-likeness (QED) is 0.715. The number of nitrogens with zero attached hydrogens (tertiary/aromatic N) is 1. The van der Waals surface area contributed by atoms with E-state index in [0.29, 0.717) is 0 Å². The molecule has 0 radical (unpaired) electrons. The minimum absolute atomic E-state index is 1.28. The van der Waals surface area contributed by atoms with Crippen molar-refractivity contribution < 1.29 is 18.2 Å². The molecule has 0 fully saturated rings. The van der Waals surface area contributed by atoms with E-state index in [1.54, 1.807) is 0 Å². The van der Waals surface area contributed by atoms with Gasteiger partial charge in [-0.1, -0.05) is 11.1 Å². The molecule has 1 aromatic heterocycles. The molecule has 0 unspecified atom stereocenters. The minimum atomic E-state index is -2.13. The van der Waals surface area contributed by atoms with E-state index < -0.39 is 18.2 Å². The Labute approximate surface area is 85.4 Å². The Bertz CT molecular complexity index is 180. The van der Waals surface area contributed by atoms with Crippen molar-refractivity contribution in [2.45, 2.75) is 13.8 Å². The van der Waals surface area contributed by atoms with Crippen LogP contribution in [-0.4, -0.2) is 0 Å². The Morgan fingerprint density at radius 3 is 1.45 bits per heavy atom. The van der Waals surface area contributed by atoms with Gasteiger partial charge in [0.25, 0.3) is 0 Å². The summed E-state index contributed by atoms with van der Waals surface area (Å²) in [6.07, 6.45) is 3.74. The summed E-state index contributed by atoms with van der Waals surface area (Å²) in [5, 5.41) is 0. The molecule has 5 heteroatoms. The fraction of sp³-hybridized carbons (Fsp3) is 0.333. The van der Waals surface area contributed by atoms with Crippen LogP contribution in [-0.2, 0) is 18.2 Å². The van der Waals surface area contributed by atoms with Gasteiger partial charge >= 0.3 is 43.7 Å². The average molecular weight is 292 g/mol. The van der Waals surface area contributed by atoms with Crippen LogP contribution in [0.3, 0.4) is 0 Å². The van der Waals surface area contributed by atoms with E-state index in [4.69, 9.17) is 25.5 Å². The fourth-order valence-corrected chi connectivity index (χ4v) is 0.465. The van der Waals surface area contributed by atoms with Gasteiger partial charge in [0.1, 0.15) is 0 Å². The van der Waals surface area contributed by atoms with Crippen LogP contribution in [0, 0.1) is 13.8 Å². The van der Waals surface area contributed by atoms with Crippen molar-refractivity contribution in [2.75, 3.05) is 0 Å². The van der Waals surface area contributed by atoms with Crippen LogP contribution in [0.4, 0.5) is 0 Å². The zero-order valence-corrected chi connectivity index (χ0v) is 11.0. The van der Waals surface area contributed by atoms with E-state index in [9.17, 15) is 0 Å². The van der Waals surface area contributed by atoms with E-state index in [1.165, 1.54) is 11.1 Å². The molecule has 0 bridgehead atoms. The van der Waals surface area contributed by atoms with Gasteiger partial charge in [-0.25, -0.2) is 0 Å². The molecular formula is C6H8Cl3NZr-. The van der Waals surface area contributed by atoms with Gasteiger partial charge in [0.2, 0.25) is 0 Å². The summed E-state index contributed by atoms with van der Waals surface area (Å²) < 4.78 is 0. The van der Waals surface area contributed by atoms with Crippen molar-refractivity contribution in [1.82, 2.24) is 4.98 Å². The number of hydrogen-bond donors (Lipinski definition) is 0. The second-order valence-corrected chi connectivity index (χ2v) is 13.2. The number of halogens is 3. The molecule has 63 valence electrons. The Hall–Kier alpha value is 1.03. The Balaban J connectivity index is 0.000000218. The molecule has 0 aromatic carbocycles. The van der Waals surface area contributed by atoms with E-state index in [-0.39, 0.29) is 0 Å². The Morgan fingerprint density at radius 2 is 1.36 bits per heavy atom. The third-order valence-electron chi connectivity index (χ3n) is 1.16. The predicted octanol–water partition coefficient (Wildman–Crippen LogP) is 3.33. The number of rotatable bonds is 0. The van der Waals surface area contributed by atoms with Crippen LogP contribution >= 0.6 is 25.5 Å². The van der Waals surface area contributed by atoms with Crippen LogP contribution in [0.1, 0.15) is 11.1 Å². The predicted molar refractivity (Wildman–Crippen MR) is 46.8 cm³/mol. The zero-order chi connectivity index (χ0) is 8.85. The van der Waals surface area contributed by atoms with Gasteiger partial charge in [-0.2, -0.15) is 12.4 Å². The summed E-state index contributed by atoms with van der Waals surface area (Å²) in [6, 6.07) is 0.